The van der Waals surface area contributed by atoms with Crippen LogP contribution in [0.4, 0.5) is 0 Å². The predicted octanol–water partition coefficient (Wildman–Crippen LogP) is 2.70. The SMILES string of the molecule is CNC1CCc2cc(OCCCCOC)ccc21. The van der Waals surface area contributed by atoms with Gasteiger partial charge in [0.25, 0.3) is 0 Å². The number of rotatable bonds is 7. The first-order valence-corrected chi connectivity index (χ1v) is 6.77. The van der Waals surface area contributed by atoms with Gasteiger partial charge in [-0.05, 0) is 56.0 Å². The van der Waals surface area contributed by atoms with Crippen LogP contribution in [0, 0.1) is 0 Å². The molecular formula is C15H23NO2. The number of unbranched alkanes of at least 4 members (excludes halogenated alkanes) is 1. The van der Waals surface area contributed by atoms with E-state index in [1.54, 1.807) is 7.11 Å². The molecule has 100 valence electrons. The Hall–Kier alpha value is -1.06. The van der Waals surface area contributed by atoms with Crippen molar-refractivity contribution >= 4 is 0 Å². The second kappa shape index (κ2) is 6.76. The van der Waals surface area contributed by atoms with Crippen LogP contribution in [0.5, 0.6) is 5.75 Å². The summed E-state index contributed by atoms with van der Waals surface area (Å²) < 4.78 is 10.8. The Morgan fingerprint density at radius 1 is 1.28 bits per heavy atom. The third-order valence-electron chi connectivity index (χ3n) is 3.55. The van der Waals surface area contributed by atoms with E-state index in [2.05, 4.69) is 23.5 Å². The number of nitrogens with one attached hydrogen (secondary N) is 1. The highest BCUT2D eigenvalue weighted by Gasteiger charge is 2.20. The molecule has 0 spiro atoms. The fourth-order valence-electron chi connectivity index (χ4n) is 2.52. The molecule has 18 heavy (non-hydrogen) atoms. The molecule has 1 unspecified atom stereocenters. The lowest BCUT2D eigenvalue weighted by atomic mass is 10.1. The van der Waals surface area contributed by atoms with Crippen molar-refractivity contribution in [1.29, 1.82) is 0 Å². The lowest BCUT2D eigenvalue weighted by Gasteiger charge is -2.11. The number of ether oxygens (including phenoxy) is 2. The van der Waals surface area contributed by atoms with Gasteiger partial charge in [0, 0.05) is 19.8 Å². The van der Waals surface area contributed by atoms with E-state index in [0.717, 1.165) is 38.2 Å². The van der Waals surface area contributed by atoms with Gasteiger partial charge in [0.2, 0.25) is 0 Å². The fraction of sp³-hybridized carbons (Fsp3) is 0.600. The Balaban J connectivity index is 1.84. The zero-order valence-corrected chi connectivity index (χ0v) is 11.4. The summed E-state index contributed by atoms with van der Waals surface area (Å²) >= 11 is 0. The molecule has 1 N–H and O–H groups in total. The van der Waals surface area contributed by atoms with Crippen molar-refractivity contribution in [2.75, 3.05) is 27.4 Å². The number of methoxy groups -OCH3 is 1. The maximum absolute atomic E-state index is 5.77. The van der Waals surface area contributed by atoms with E-state index in [-0.39, 0.29) is 0 Å². The maximum Gasteiger partial charge on any atom is 0.119 e. The lowest BCUT2D eigenvalue weighted by molar-refractivity contribution is 0.184. The summed E-state index contributed by atoms with van der Waals surface area (Å²) in [6.07, 6.45) is 4.46. The Bertz CT molecular complexity index is 379. The highest BCUT2D eigenvalue weighted by atomic mass is 16.5. The van der Waals surface area contributed by atoms with Crippen LogP contribution in [0.15, 0.2) is 18.2 Å². The molecule has 0 aliphatic heterocycles. The van der Waals surface area contributed by atoms with Gasteiger partial charge < -0.3 is 14.8 Å². The smallest absolute Gasteiger partial charge is 0.119 e. The van der Waals surface area contributed by atoms with Gasteiger partial charge in [-0.15, -0.1) is 0 Å². The number of benzene rings is 1. The van der Waals surface area contributed by atoms with Crippen molar-refractivity contribution in [2.45, 2.75) is 31.7 Å². The molecule has 0 aromatic heterocycles. The van der Waals surface area contributed by atoms with E-state index >= 15 is 0 Å². The van der Waals surface area contributed by atoms with Gasteiger partial charge in [-0.1, -0.05) is 6.07 Å². The van der Waals surface area contributed by atoms with Crippen molar-refractivity contribution < 1.29 is 9.47 Å². The molecule has 0 saturated carbocycles. The number of hydrogen-bond donors (Lipinski definition) is 1. The number of hydrogen-bond acceptors (Lipinski definition) is 3. The van der Waals surface area contributed by atoms with Gasteiger partial charge >= 0.3 is 0 Å². The Labute approximate surface area is 109 Å². The molecule has 0 heterocycles. The number of fused-ring (bicyclic) bond motifs is 1. The second-order valence-corrected chi connectivity index (χ2v) is 4.79. The first-order chi connectivity index (χ1) is 8.85. The van der Waals surface area contributed by atoms with Crippen LogP contribution < -0.4 is 10.1 Å². The molecule has 0 amide bonds. The molecular weight excluding hydrogens is 226 g/mol. The minimum absolute atomic E-state index is 0.524. The topological polar surface area (TPSA) is 30.5 Å². The van der Waals surface area contributed by atoms with Crippen molar-refractivity contribution in [3.8, 4) is 5.75 Å². The monoisotopic (exact) mass is 249 g/mol. The molecule has 2 rings (SSSR count). The molecule has 1 aliphatic carbocycles. The van der Waals surface area contributed by atoms with E-state index < -0.39 is 0 Å². The van der Waals surface area contributed by atoms with Gasteiger partial charge in [-0.3, -0.25) is 0 Å². The van der Waals surface area contributed by atoms with Crippen LogP contribution in [0.2, 0.25) is 0 Å². The summed E-state index contributed by atoms with van der Waals surface area (Å²) in [6.45, 7) is 1.59. The molecule has 3 nitrogen and oxygen atoms in total. The van der Waals surface area contributed by atoms with Crippen LogP contribution in [0.3, 0.4) is 0 Å². The van der Waals surface area contributed by atoms with Crippen molar-refractivity contribution in [1.82, 2.24) is 5.32 Å². The molecule has 1 aromatic rings. The van der Waals surface area contributed by atoms with E-state index in [9.17, 15) is 0 Å². The summed E-state index contributed by atoms with van der Waals surface area (Å²) in [5.41, 5.74) is 2.87. The lowest BCUT2D eigenvalue weighted by Crippen LogP contribution is -2.12. The van der Waals surface area contributed by atoms with E-state index in [4.69, 9.17) is 9.47 Å². The maximum atomic E-state index is 5.77. The quantitative estimate of drug-likeness (QED) is 0.754. The first kappa shape index (κ1) is 13.4. The fourth-order valence-corrected chi connectivity index (χ4v) is 2.52. The zero-order chi connectivity index (χ0) is 12.8. The van der Waals surface area contributed by atoms with Crippen molar-refractivity contribution in [3.05, 3.63) is 29.3 Å². The van der Waals surface area contributed by atoms with Gasteiger partial charge in [0.05, 0.1) is 6.61 Å². The minimum Gasteiger partial charge on any atom is -0.494 e. The standard InChI is InChI=1S/C15H23NO2/c1-16-15-8-5-12-11-13(6-7-14(12)15)18-10-4-3-9-17-2/h6-7,11,15-16H,3-5,8-10H2,1-2H3. The molecule has 0 radical (unpaired) electrons. The van der Waals surface area contributed by atoms with E-state index in [1.165, 1.54) is 17.5 Å². The molecule has 0 bridgehead atoms. The van der Waals surface area contributed by atoms with Crippen molar-refractivity contribution in [3.63, 3.8) is 0 Å². The van der Waals surface area contributed by atoms with Gasteiger partial charge in [-0.25, -0.2) is 0 Å². The molecule has 1 aromatic carbocycles. The van der Waals surface area contributed by atoms with E-state index in [0.29, 0.717) is 6.04 Å². The van der Waals surface area contributed by atoms with Gasteiger partial charge in [-0.2, -0.15) is 0 Å². The summed E-state index contributed by atoms with van der Waals surface area (Å²) in [4.78, 5) is 0. The zero-order valence-electron chi connectivity index (χ0n) is 11.4. The van der Waals surface area contributed by atoms with Crippen molar-refractivity contribution in [2.24, 2.45) is 0 Å². The number of aryl methyl sites for hydroxylation is 1. The van der Waals surface area contributed by atoms with Crippen LogP contribution >= 0.6 is 0 Å². The summed E-state index contributed by atoms with van der Waals surface area (Å²) in [5, 5.41) is 3.35. The average molecular weight is 249 g/mol. The van der Waals surface area contributed by atoms with Crippen LogP contribution in [0.1, 0.15) is 36.4 Å². The minimum atomic E-state index is 0.524. The third-order valence-corrected chi connectivity index (χ3v) is 3.55. The third kappa shape index (κ3) is 3.24. The molecule has 1 atom stereocenters. The first-order valence-electron chi connectivity index (χ1n) is 6.77. The summed E-state index contributed by atoms with van der Waals surface area (Å²) in [5.74, 6) is 1.00. The highest BCUT2D eigenvalue weighted by Crippen LogP contribution is 2.33. The van der Waals surface area contributed by atoms with Crippen LogP contribution in [0.25, 0.3) is 0 Å². The Kier molecular flexibility index (Phi) is 5.02. The molecule has 0 saturated heterocycles. The predicted molar refractivity (Wildman–Crippen MR) is 73.2 cm³/mol. The van der Waals surface area contributed by atoms with Crippen LogP contribution in [-0.2, 0) is 11.2 Å². The summed E-state index contributed by atoms with van der Waals surface area (Å²) in [6, 6.07) is 7.01. The van der Waals surface area contributed by atoms with Gasteiger partial charge in [0.1, 0.15) is 5.75 Å². The Morgan fingerprint density at radius 3 is 2.89 bits per heavy atom. The Morgan fingerprint density at radius 2 is 2.11 bits per heavy atom. The van der Waals surface area contributed by atoms with E-state index in [1.807, 2.05) is 7.05 Å². The molecule has 1 aliphatic rings. The van der Waals surface area contributed by atoms with Crippen LogP contribution in [-0.4, -0.2) is 27.4 Å². The largest absolute Gasteiger partial charge is 0.494 e. The summed E-state index contributed by atoms with van der Waals surface area (Å²) in [7, 11) is 3.76. The second-order valence-electron chi connectivity index (χ2n) is 4.79. The average Bonchev–Trinajstić information content (AvgIpc) is 2.80. The highest BCUT2D eigenvalue weighted by molar-refractivity contribution is 5.40. The molecule has 0 fully saturated rings. The van der Waals surface area contributed by atoms with Gasteiger partial charge in [0.15, 0.2) is 0 Å². The molecule has 3 heteroatoms. The normalized spacial score (nSPS) is 17.8.